The molecule has 0 aliphatic heterocycles. The zero-order chi connectivity index (χ0) is 21.1. The van der Waals surface area contributed by atoms with Gasteiger partial charge < -0.3 is 14.1 Å². The lowest BCUT2D eigenvalue weighted by Crippen LogP contribution is -2.39. The number of hydrogen-bond acceptors (Lipinski definition) is 5. The SMILES string of the molecule is CC(C)N(Cc1nnc(-c2ccccc2Cl)o1)C(=O)COc1ccc2c(c1)CCC2. The van der Waals surface area contributed by atoms with Crippen LogP contribution >= 0.6 is 11.6 Å². The van der Waals surface area contributed by atoms with Gasteiger partial charge in [0.2, 0.25) is 11.8 Å². The third-order valence-corrected chi connectivity index (χ3v) is 5.58. The number of aryl methyl sites for hydroxylation is 2. The summed E-state index contributed by atoms with van der Waals surface area (Å²) in [5.74, 6) is 1.28. The molecule has 4 rings (SSSR count). The van der Waals surface area contributed by atoms with E-state index in [4.69, 9.17) is 20.8 Å². The van der Waals surface area contributed by atoms with Gasteiger partial charge in [-0.3, -0.25) is 4.79 Å². The van der Waals surface area contributed by atoms with Crippen molar-refractivity contribution < 1.29 is 13.9 Å². The van der Waals surface area contributed by atoms with Crippen LogP contribution in [0.15, 0.2) is 46.9 Å². The molecule has 0 bridgehead atoms. The molecule has 30 heavy (non-hydrogen) atoms. The first kappa shape index (κ1) is 20.4. The van der Waals surface area contributed by atoms with Crippen molar-refractivity contribution in [3.63, 3.8) is 0 Å². The molecule has 0 atom stereocenters. The second kappa shape index (κ2) is 8.88. The number of hydrogen-bond donors (Lipinski definition) is 0. The highest BCUT2D eigenvalue weighted by atomic mass is 35.5. The molecule has 0 saturated heterocycles. The summed E-state index contributed by atoms with van der Waals surface area (Å²) in [7, 11) is 0. The minimum Gasteiger partial charge on any atom is -0.484 e. The van der Waals surface area contributed by atoms with Gasteiger partial charge in [0, 0.05) is 6.04 Å². The van der Waals surface area contributed by atoms with Crippen molar-refractivity contribution in [1.29, 1.82) is 0 Å². The fourth-order valence-corrected chi connectivity index (χ4v) is 3.85. The maximum absolute atomic E-state index is 12.8. The lowest BCUT2D eigenvalue weighted by atomic mass is 10.1. The van der Waals surface area contributed by atoms with Crippen LogP contribution < -0.4 is 4.74 Å². The number of ether oxygens (including phenoxy) is 1. The summed E-state index contributed by atoms with van der Waals surface area (Å²) in [6, 6.07) is 13.3. The van der Waals surface area contributed by atoms with E-state index >= 15 is 0 Å². The monoisotopic (exact) mass is 425 g/mol. The molecular weight excluding hydrogens is 402 g/mol. The molecule has 1 aliphatic carbocycles. The van der Waals surface area contributed by atoms with Gasteiger partial charge in [0.25, 0.3) is 5.91 Å². The third kappa shape index (κ3) is 4.49. The Balaban J connectivity index is 1.41. The van der Waals surface area contributed by atoms with E-state index < -0.39 is 0 Å². The molecule has 3 aromatic rings. The molecule has 1 aromatic heterocycles. The predicted molar refractivity (Wildman–Crippen MR) is 114 cm³/mol. The molecule has 0 unspecified atom stereocenters. The fraction of sp³-hybridized carbons (Fsp3) is 0.348. The van der Waals surface area contributed by atoms with Gasteiger partial charge in [-0.05, 0) is 68.5 Å². The molecule has 0 radical (unpaired) electrons. The Labute approximate surface area is 180 Å². The number of fused-ring (bicyclic) bond motifs is 1. The standard InChI is InChI=1S/C23H24ClN3O3/c1-15(2)27(13-21-25-26-23(30-21)19-8-3-4-9-20(19)24)22(28)14-29-18-11-10-16-6-5-7-17(16)12-18/h3-4,8-12,15H,5-7,13-14H2,1-2H3. The van der Waals surface area contributed by atoms with Crippen molar-refractivity contribution in [1.82, 2.24) is 15.1 Å². The minimum absolute atomic E-state index is 0.0392. The second-order valence-electron chi connectivity index (χ2n) is 7.67. The number of benzene rings is 2. The molecule has 1 aliphatic rings. The van der Waals surface area contributed by atoms with Crippen molar-refractivity contribution in [3.05, 3.63) is 64.5 Å². The molecule has 1 amide bonds. The highest BCUT2D eigenvalue weighted by Crippen LogP contribution is 2.27. The summed E-state index contributed by atoms with van der Waals surface area (Å²) in [6.07, 6.45) is 3.37. The molecule has 6 nitrogen and oxygen atoms in total. The van der Waals surface area contributed by atoms with Crippen LogP contribution in [0, 0.1) is 0 Å². The summed E-state index contributed by atoms with van der Waals surface area (Å²) in [5.41, 5.74) is 3.36. The van der Waals surface area contributed by atoms with Gasteiger partial charge in [0.15, 0.2) is 6.61 Å². The minimum atomic E-state index is -0.136. The molecule has 0 N–H and O–H groups in total. The van der Waals surface area contributed by atoms with Crippen molar-refractivity contribution >= 4 is 17.5 Å². The van der Waals surface area contributed by atoms with E-state index in [9.17, 15) is 4.79 Å². The topological polar surface area (TPSA) is 68.5 Å². The third-order valence-electron chi connectivity index (χ3n) is 5.25. The Morgan fingerprint density at radius 2 is 1.97 bits per heavy atom. The van der Waals surface area contributed by atoms with Crippen molar-refractivity contribution in [2.45, 2.75) is 45.7 Å². The van der Waals surface area contributed by atoms with Gasteiger partial charge in [0.05, 0.1) is 17.1 Å². The van der Waals surface area contributed by atoms with E-state index in [1.54, 1.807) is 11.0 Å². The largest absolute Gasteiger partial charge is 0.484 e. The molecule has 0 spiro atoms. The Bertz CT molecular complexity index is 1050. The summed E-state index contributed by atoms with van der Waals surface area (Å²) >= 11 is 6.20. The van der Waals surface area contributed by atoms with Gasteiger partial charge in [0.1, 0.15) is 5.75 Å². The predicted octanol–water partition coefficient (Wildman–Crippen LogP) is 4.69. The average molecular weight is 426 g/mol. The molecule has 1 heterocycles. The van der Waals surface area contributed by atoms with Gasteiger partial charge in [-0.2, -0.15) is 0 Å². The van der Waals surface area contributed by atoms with Crippen LogP contribution in [0.2, 0.25) is 5.02 Å². The quantitative estimate of drug-likeness (QED) is 0.549. The zero-order valence-corrected chi connectivity index (χ0v) is 17.9. The van der Waals surface area contributed by atoms with Crippen LogP contribution in [0.1, 0.15) is 37.3 Å². The highest BCUT2D eigenvalue weighted by molar-refractivity contribution is 6.33. The lowest BCUT2D eigenvalue weighted by Gasteiger charge is -2.25. The molecule has 7 heteroatoms. The summed E-state index contributed by atoms with van der Waals surface area (Å²) in [5, 5.41) is 8.70. The number of carbonyl (C=O) groups excluding carboxylic acids is 1. The average Bonchev–Trinajstić information content (AvgIpc) is 3.39. The van der Waals surface area contributed by atoms with E-state index in [0.717, 1.165) is 18.6 Å². The first-order valence-electron chi connectivity index (χ1n) is 10.1. The van der Waals surface area contributed by atoms with Crippen LogP contribution in [-0.2, 0) is 24.2 Å². The Morgan fingerprint density at radius 1 is 1.17 bits per heavy atom. The molecule has 2 aromatic carbocycles. The number of rotatable bonds is 7. The second-order valence-corrected chi connectivity index (χ2v) is 8.08. The van der Waals surface area contributed by atoms with E-state index in [1.807, 2.05) is 44.2 Å². The smallest absolute Gasteiger partial charge is 0.261 e. The van der Waals surface area contributed by atoms with Crippen LogP contribution in [0.3, 0.4) is 0 Å². The number of carbonyl (C=O) groups is 1. The number of nitrogens with zero attached hydrogens (tertiary/aromatic N) is 3. The molecule has 0 fully saturated rings. The Kier molecular flexibility index (Phi) is 6.04. The van der Waals surface area contributed by atoms with E-state index in [0.29, 0.717) is 22.4 Å². The van der Waals surface area contributed by atoms with E-state index in [-0.39, 0.29) is 25.1 Å². The summed E-state index contributed by atoms with van der Waals surface area (Å²) in [6.45, 7) is 4.06. The lowest BCUT2D eigenvalue weighted by molar-refractivity contribution is -0.136. The van der Waals surface area contributed by atoms with Gasteiger partial charge in [-0.1, -0.05) is 29.8 Å². The van der Waals surface area contributed by atoms with Crippen molar-refractivity contribution in [2.24, 2.45) is 0 Å². The van der Waals surface area contributed by atoms with Crippen LogP contribution in [0.5, 0.6) is 5.75 Å². The summed E-state index contributed by atoms with van der Waals surface area (Å²) < 4.78 is 11.5. The first-order chi connectivity index (χ1) is 14.5. The van der Waals surface area contributed by atoms with Gasteiger partial charge in [-0.25, -0.2) is 0 Å². The van der Waals surface area contributed by atoms with Gasteiger partial charge in [-0.15, -0.1) is 10.2 Å². The van der Waals surface area contributed by atoms with Crippen molar-refractivity contribution in [2.75, 3.05) is 6.61 Å². The Hall–Kier alpha value is -2.86. The van der Waals surface area contributed by atoms with Crippen molar-refractivity contribution in [3.8, 4) is 17.2 Å². The normalized spacial score (nSPS) is 12.8. The molecule has 0 saturated carbocycles. The number of halogens is 1. The zero-order valence-electron chi connectivity index (χ0n) is 17.1. The van der Waals surface area contributed by atoms with Crippen LogP contribution in [0.25, 0.3) is 11.5 Å². The number of amides is 1. The van der Waals surface area contributed by atoms with Gasteiger partial charge >= 0.3 is 0 Å². The maximum Gasteiger partial charge on any atom is 0.261 e. The summed E-state index contributed by atoms with van der Waals surface area (Å²) in [4.78, 5) is 14.5. The van der Waals surface area contributed by atoms with E-state index in [1.165, 1.54) is 17.5 Å². The Morgan fingerprint density at radius 3 is 2.77 bits per heavy atom. The van der Waals surface area contributed by atoms with Crippen LogP contribution in [-0.4, -0.2) is 33.7 Å². The maximum atomic E-state index is 12.8. The highest BCUT2D eigenvalue weighted by Gasteiger charge is 2.22. The fourth-order valence-electron chi connectivity index (χ4n) is 3.63. The molecular formula is C23H24ClN3O3. The van der Waals surface area contributed by atoms with Crippen LogP contribution in [0.4, 0.5) is 0 Å². The first-order valence-corrected chi connectivity index (χ1v) is 10.5. The van der Waals surface area contributed by atoms with E-state index in [2.05, 4.69) is 16.3 Å². The number of aromatic nitrogens is 2. The molecule has 156 valence electrons.